The molecule has 0 aliphatic carbocycles. The lowest BCUT2D eigenvalue weighted by atomic mass is 10.0. The van der Waals surface area contributed by atoms with Gasteiger partial charge in [0.2, 0.25) is 0 Å². The molecule has 0 spiro atoms. The zero-order chi connectivity index (χ0) is 14.9. The van der Waals surface area contributed by atoms with Crippen LogP contribution in [0.5, 0.6) is 5.75 Å². The Kier molecular flexibility index (Phi) is 4.43. The molecule has 6 heteroatoms. The molecule has 0 saturated heterocycles. The van der Waals surface area contributed by atoms with E-state index in [1.807, 2.05) is 0 Å². The predicted molar refractivity (Wildman–Crippen MR) is 82.3 cm³/mol. The standard InChI is InChI=1S/C14H10Cl3NO2/c1-20-12-3-2-8(15)6-9(12)14(19)7-4-10(16)13(17)11(18)5-7/h2-6H,18H2,1H3. The molecule has 0 saturated carbocycles. The number of rotatable bonds is 3. The first kappa shape index (κ1) is 15.0. The second-order valence-electron chi connectivity index (χ2n) is 4.04. The van der Waals surface area contributed by atoms with Gasteiger partial charge in [-0.2, -0.15) is 0 Å². The Morgan fingerprint density at radius 2 is 1.85 bits per heavy atom. The van der Waals surface area contributed by atoms with Crippen molar-refractivity contribution in [3.63, 3.8) is 0 Å². The van der Waals surface area contributed by atoms with E-state index in [4.69, 9.17) is 45.3 Å². The van der Waals surface area contributed by atoms with Crippen LogP contribution in [0.3, 0.4) is 0 Å². The summed E-state index contributed by atoms with van der Waals surface area (Å²) < 4.78 is 5.16. The molecule has 0 bridgehead atoms. The summed E-state index contributed by atoms with van der Waals surface area (Å²) in [6.07, 6.45) is 0. The van der Waals surface area contributed by atoms with Crippen LogP contribution in [0, 0.1) is 0 Å². The van der Waals surface area contributed by atoms with Crippen LogP contribution in [0.25, 0.3) is 0 Å². The fraction of sp³-hybridized carbons (Fsp3) is 0.0714. The smallest absolute Gasteiger partial charge is 0.196 e. The lowest BCUT2D eigenvalue weighted by molar-refractivity contribution is 0.103. The van der Waals surface area contributed by atoms with Crippen LogP contribution >= 0.6 is 34.8 Å². The number of hydrogen-bond acceptors (Lipinski definition) is 3. The van der Waals surface area contributed by atoms with Gasteiger partial charge in [0.15, 0.2) is 5.78 Å². The zero-order valence-corrected chi connectivity index (χ0v) is 12.7. The Balaban J connectivity index is 2.54. The summed E-state index contributed by atoms with van der Waals surface area (Å²) in [7, 11) is 1.48. The maximum Gasteiger partial charge on any atom is 0.196 e. The Hall–Kier alpha value is -1.42. The normalized spacial score (nSPS) is 10.4. The highest BCUT2D eigenvalue weighted by Crippen LogP contribution is 2.32. The Bertz CT molecular complexity index is 663. The Morgan fingerprint density at radius 1 is 1.15 bits per heavy atom. The first-order valence-corrected chi connectivity index (χ1v) is 6.70. The van der Waals surface area contributed by atoms with E-state index in [0.29, 0.717) is 21.9 Å². The maximum absolute atomic E-state index is 12.5. The fourth-order valence-corrected chi connectivity index (χ4v) is 2.26. The monoisotopic (exact) mass is 329 g/mol. The van der Waals surface area contributed by atoms with E-state index in [2.05, 4.69) is 0 Å². The van der Waals surface area contributed by atoms with Gasteiger partial charge >= 0.3 is 0 Å². The van der Waals surface area contributed by atoms with E-state index >= 15 is 0 Å². The van der Waals surface area contributed by atoms with Gasteiger partial charge in [-0.3, -0.25) is 4.79 Å². The molecule has 0 amide bonds. The highest BCUT2D eigenvalue weighted by molar-refractivity contribution is 6.44. The molecule has 0 heterocycles. The maximum atomic E-state index is 12.5. The summed E-state index contributed by atoms with van der Waals surface area (Å²) in [6.45, 7) is 0. The highest BCUT2D eigenvalue weighted by Gasteiger charge is 2.17. The highest BCUT2D eigenvalue weighted by atomic mass is 35.5. The number of ether oxygens (including phenoxy) is 1. The number of benzene rings is 2. The third-order valence-electron chi connectivity index (χ3n) is 2.72. The van der Waals surface area contributed by atoms with Crippen molar-refractivity contribution in [2.45, 2.75) is 0 Å². The Morgan fingerprint density at radius 3 is 2.45 bits per heavy atom. The van der Waals surface area contributed by atoms with Gasteiger partial charge < -0.3 is 10.5 Å². The Labute approximate surface area is 131 Å². The first-order valence-electron chi connectivity index (χ1n) is 5.56. The molecule has 0 fully saturated rings. The third-order valence-corrected chi connectivity index (χ3v) is 3.78. The molecule has 2 aromatic rings. The van der Waals surface area contributed by atoms with Crippen molar-refractivity contribution < 1.29 is 9.53 Å². The first-order chi connectivity index (χ1) is 9.43. The third kappa shape index (κ3) is 2.85. The van der Waals surface area contributed by atoms with Crippen LogP contribution in [0.15, 0.2) is 30.3 Å². The van der Waals surface area contributed by atoms with E-state index in [0.717, 1.165) is 0 Å². The van der Waals surface area contributed by atoms with Gasteiger partial charge in [0, 0.05) is 10.6 Å². The molecule has 0 atom stereocenters. The fourth-order valence-electron chi connectivity index (χ4n) is 1.75. The molecule has 2 rings (SSSR count). The molecule has 2 N–H and O–H groups in total. The van der Waals surface area contributed by atoms with Crippen LogP contribution < -0.4 is 10.5 Å². The van der Waals surface area contributed by atoms with E-state index in [9.17, 15) is 4.79 Å². The van der Waals surface area contributed by atoms with Gasteiger partial charge in [0.25, 0.3) is 0 Å². The molecule has 20 heavy (non-hydrogen) atoms. The van der Waals surface area contributed by atoms with Crippen molar-refractivity contribution in [1.29, 1.82) is 0 Å². The summed E-state index contributed by atoms with van der Waals surface area (Å²) in [5.74, 6) is 0.124. The molecule has 0 radical (unpaired) electrons. The number of methoxy groups -OCH3 is 1. The number of hydrogen-bond donors (Lipinski definition) is 1. The van der Waals surface area contributed by atoms with Crippen molar-refractivity contribution >= 4 is 46.3 Å². The molecule has 0 aliphatic heterocycles. The summed E-state index contributed by atoms with van der Waals surface area (Å²) in [5, 5.41) is 0.875. The van der Waals surface area contributed by atoms with Crippen LogP contribution in [0.2, 0.25) is 15.1 Å². The quantitative estimate of drug-likeness (QED) is 0.667. The number of nitrogen functional groups attached to an aromatic ring is 1. The van der Waals surface area contributed by atoms with Gasteiger partial charge in [-0.25, -0.2) is 0 Å². The molecule has 0 aromatic heterocycles. The minimum Gasteiger partial charge on any atom is -0.496 e. The minimum absolute atomic E-state index is 0.219. The van der Waals surface area contributed by atoms with Crippen molar-refractivity contribution in [3.05, 3.63) is 56.5 Å². The second kappa shape index (κ2) is 5.92. The summed E-state index contributed by atoms with van der Waals surface area (Å²) in [5.41, 5.74) is 6.60. The number of carbonyl (C=O) groups excluding carboxylic acids is 1. The largest absolute Gasteiger partial charge is 0.496 e. The van der Waals surface area contributed by atoms with Gasteiger partial charge in [-0.1, -0.05) is 34.8 Å². The van der Waals surface area contributed by atoms with Crippen molar-refractivity contribution in [2.75, 3.05) is 12.8 Å². The lowest BCUT2D eigenvalue weighted by Crippen LogP contribution is -2.05. The number of anilines is 1. The average molecular weight is 331 g/mol. The number of ketones is 1. The lowest BCUT2D eigenvalue weighted by Gasteiger charge is -2.10. The minimum atomic E-state index is -0.297. The molecule has 2 aromatic carbocycles. The van der Waals surface area contributed by atoms with Crippen LogP contribution in [-0.4, -0.2) is 12.9 Å². The van der Waals surface area contributed by atoms with Gasteiger partial charge in [-0.15, -0.1) is 0 Å². The number of carbonyl (C=O) groups is 1. The average Bonchev–Trinajstić information content (AvgIpc) is 2.43. The van der Waals surface area contributed by atoms with Crippen molar-refractivity contribution in [2.24, 2.45) is 0 Å². The topological polar surface area (TPSA) is 52.3 Å². The van der Waals surface area contributed by atoms with Gasteiger partial charge in [0.1, 0.15) is 5.75 Å². The molecule has 0 aliphatic rings. The van der Waals surface area contributed by atoms with Crippen LogP contribution in [-0.2, 0) is 0 Å². The predicted octanol–water partition coefficient (Wildman–Crippen LogP) is 4.47. The molecule has 0 unspecified atom stereocenters. The van der Waals surface area contributed by atoms with E-state index in [1.54, 1.807) is 12.1 Å². The van der Waals surface area contributed by atoms with E-state index < -0.39 is 0 Å². The van der Waals surface area contributed by atoms with Crippen LogP contribution in [0.4, 0.5) is 5.69 Å². The van der Waals surface area contributed by atoms with Gasteiger partial charge in [0.05, 0.1) is 28.4 Å². The van der Waals surface area contributed by atoms with Crippen molar-refractivity contribution in [3.8, 4) is 5.75 Å². The van der Waals surface area contributed by atoms with E-state index in [1.165, 1.54) is 25.3 Å². The van der Waals surface area contributed by atoms with Crippen molar-refractivity contribution in [1.82, 2.24) is 0 Å². The summed E-state index contributed by atoms with van der Waals surface area (Å²) >= 11 is 17.7. The SMILES string of the molecule is COc1ccc(Cl)cc1C(=O)c1cc(N)c(Cl)c(Cl)c1. The molecule has 3 nitrogen and oxygen atoms in total. The zero-order valence-electron chi connectivity index (χ0n) is 10.4. The van der Waals surface area contributed by atoms with Crippen LogP contribution in [0.1, 0.15) is 15.9 Å². The van der Waals surface area contributed by atoms with Gasteiger partial charge in [-0.05, 0) is 30.3 Å². The molecular weight excluding hydrogens is 321 g/mol. The second-order valence-corrected chi connectivity index (χ2v) is 5.26. The molecule has 104 valence electrons. The number of nitrogens with two attached hydrogens (primary N) is 1. The summed E-state index contributed by atoms with van der Waals surface area (Å²) in [6, 6.07) is 7.72. The molecular formula is C14H10Cl3NO2. The number of halogens is 3. The van der Waals surface area contributed by atoms with E-state index in [-0.39, 0.29) is 21.5 Å². The summed E-state index contributed by atoms with van der Waals surface area (Å²) in [4.78, 5) is 12.5.